The van der Waals surface area contributed by atoms with Crippen LogP contribution >= 0.6 is 0 Å². The van der Waals surface area contributed by atoms with Gasteiger partial charge in [0, 0.05) is 33.7 Å². The van der Waals surface area contributed by atoms with Gasteiger partial charge in [0.05, 0.1) is 13.2 Å². The lowest BCUT2D eigenvalue weighted by Gasteiger charge is -2.28. The van der Waals surface area contributed by atoms with E-state index in [-0.39, 0.29) is 0 Å². The predicted molar refractivity (Wildman–Crippen MR) is 80.5 cm³/mol. The molecule has 0 aromatic carbocycles. The quantitative estimate of drug-likeness (QED) is 0.857. The summed E-state index contributed by atoms with van der Waals surface area (Å²) in [7, 11) is 3.84. The fourth-order valence-electron chi connectivity index (χ4n) is 2.17. The third kappa shape index (κ3) is 3.69. The van der Waals surface area contributed by atoms with Gasteiger partial charge in [-0.2, -0.15) is 15.0 Å². The summed E-state index contributed by atoms with van der Waals surface area (Å²) in [5.41, 5.74) is 0. The highest BCUT2D eigenvalue weighted by Crippen LogP contribution is 2.17. The number of morpholine rings is 1. The molecule has 1 aliphatic rings. The van der Waals surface area contributed by atoms with Crippen molar-refractivity contribution in [3.8, 4) is 0 Å². The molecule has 0 bridgehead atoms. The van der Waals surface area contributed by atoms with E-state index in [4.69, 9.17) is 4.74 Å². The molecular weight excluding hydrogens is 256 g/mol. The van der Waals surface area contributed by atoms with Crippen LogP contribution in [0.25, 0.3) is 0 Å². The maximum atomic E-state index is 5.37. The molecule has 0 saturated carbocycles. The van der Waals surface area contributed by atoms with Crippen LogP contribution in [0.15, 0.2) is 0 Å². The second-order valence-corrected chi connectivity index (χ2v) is 5.38. The molecule has 7 nitrogen and oxygen atoms in total. The van der Waals surface area contributed by atoms with Gasteiger partial charge in [-0.25, -0.2) is 0 Å². The molecule has 0 spiro atoms. The maximum Gasteiger partial charge on any atom is 0.232 e. The largest absolute Gasteiger partial charge is 0.378 e. The van der Waals surface area contributed by atoms with Gasteiger partial charge < -0.3 is 19.9 Å². The topological polar surface area (TPSA) is 66.4 Å². The van der Waals surface area contributed by atoms with Gasteiger partial charge in [0.1, 0.15) is 0 Å². The average Bonchev–Trinajstić information content (AvgIpc) is 2.47. The zero-order valence-corrected chi connectivity index (χ0v) is 12.8. The summed E-state index contributed by atoms with van der Waals surface area (Å²) in [4.78, 5) is 17.7. The van der Waals surface area contributed by atoms with E-state index in [0.29, 0.717) is 17.8 Å². The number of nitrogens with zero attached hydrogens (tertiary/aromatic N) is 5. The number of ether oxygens (including phenoxy) is 1. The van der Waals surface area contributed by atoms with E-state index in [1.165, 1.54) is 0 Å². The minimum Gasteiger partial charge on any atom is -0.378 e. The first-order chi connectivity index (χ1) is 9.60. The van der Waals surface area contributed by atoms with Crippen LogP contribution in [-0.2, 0) is 4.74 Å². The van der Waals surface area contributed by atoms with Crippen molar-refractivity contribution in [2.24, 2.45) is 5.92 Å². The van der Waals surface area contributed by atoms with Crippen molar-refractivity contribution in [2.45, 2.75) is 13.8 Å². The molecule has 1 aliphatic heterocycles. The van der Waals surface area contributed by atoms with Gasteiger partial charge in [-0.15, -0.1) is 0 Å². The summed E-state index contributed by atoms with van der Waals surface area (Å²) in [5, 5.41) is 3.01. The molecule has 1 N–H and O–H groups in total. The van der Waals surface area contributed by atoms with Gasteiger partial charge in [0.25, 0.3) is 0 Å². The van der Waals surface area contributed by atoms with Gasteiger partial charge in [-0.3, -0.25) is 0 Å². The fraction of sp³-hybridized carbons (Fsp3) is 0.769. The number of hydrogen-bond acceptors (Lipinski definition) is 7. The van der Waals surface area contributed by atoms with Crippen molar-refractivity contribution < 1.29 is 4.74 Å². The Hall–Kier alpha value is -1.63. The molecule has 1 aromatic heterocycles. The average molecular weight is 280 g/mol. The minimum absolute atomic E-state index is 0.557. The van der Waals surface area contributed by atoms with Crippen molar-refractivity contribution in [1.29, 1.82) is 0 Å². The third-order valence-corrected chi connectivity index (χ3v) is 3.11. The highest BCUT2D eigenvalue weighted by Gasteiger charge is 2.17. The highest BCUT2D eigenvalue weighted by molar-refractivity contribution is 5.44. The van der Waals surface area contributed by atoms with Gasteiger partial charge in [0.2, 0.25) is 17.8 Å². The molecule has 1 aromatic rings. The summed E-state index contributed by atoms with van der Waals surface area (Å²) in [6.07, 6.45) is 0. The Labute approximate surface area is 120 Å². The lowest BCUT2D eigenvalue weighted by Crippen LogP contribution is -2.38. The second kappa shape index (κ2) is 6.69. The summed E-state index contributed by atoms with van der Waals surface area (Å²) in [6, 6.07) is 0. The summed E-state index contributed by atoms with van der Waals surface area (Å²) in [6.45, 7) is 8.35. The Kier molecular flexibility index (Phi) is 4.94. The van der Waals surface area contributed by atoms with Crippen molar-refractivity contribution in [1.82, 2.24) is 15.0 Å². The van der Waals surface area contributed by atoms with Crippen molar-refractivity contribution in [3.63, 3.8) is 0 Å². The standard InChI is InChI=1S/C13H24N6O/c1-10(2)9-18(4)12-15-11(14-3)16-13(17-12)19-5-7-20-8-6-19/h10H,5-9H2,1-4H3,(H,14,15,16,17). The number of hydrogen-bond donors (Lipinski definition) is 1. The van der Waals surface area contributed by atoms with Crippen LogP contribution in [0.4, 0.5) is 17.8 Å². The van der Waals surface area contributed by atoms with E-state index in [1.807, 2.05) is 14.1 Å². The predicted octanol–water partition coefficient (Wildman–Crippen LogP) is 0.842. The summed E-state index contributed by atoms with van der Waals surface area (Å²) >= 11 is 0. The van der Waals surface area contributed by atoms with Crippen LogP contribution in [0.1, 0.15) is 13.8 Å². The molecule has 0 atom stereocenters. The molecule has 20 heavy (non-hydrogen) atoms. The second-order valence-electron chi connectivity index (χ2n) is 5.38. The molecule has 0 unspecified atom stereocenters. The summed E-state index contributed by atoms with van der Waals surface area (Å²) in [5.74, 6) is 2.59. The van der Waals surface area contributed by atoms with Gasteiger partial charge in [-0.1, -0.05) is 13.8 Å². The van der Waals surface area contributed by atoms with Crippen molar-refractivity contribution in [2.75, 3.05) is 62.1 Å². The van der Waals surface area contributed by atoms with E-state index in [1.54, 1.807) is 0 Å². The van der Waals surface area contributed by atoms with Crippen LogP contribution in [0, 0.1) is 5.92 Å². The highest BCUT2D eigenvalue weighted by atomic mass is 16.5. The molecule has 2 rings (SSSR count). The Balaban J connectivity index is 2.23. The molecule has 0 amide bonds. The van der Waals surface area contributed by atoms with Crippen LogP contribution in [0.3, 0.4) is 0 Å². The SMILES string of the molecule is CNc1nc(N(C)CC(C)C)nc(N2CCOCC2)n1. The van der Waals surface area contributed by atoms with E-state index >= 15 is 0 Å². The zero-order valence-electron chi connectivity index (χ0n) is 12.8. The molecule has 7 heteroatoms. The van der Waals surface area contributed by atoms with Crippen molar-refractivity contribution >= 4 is 17.8 Å². The smallest absolute Gasteiger partial charge is 0.232 e. The van der Waals surface area contributed by atoms with E-state index in [9.17, 15) is 0 Å². The monoisotopic (exact) mass is 280 g/mol. The lowest BCUT2D eigenvalue weighted by molar-refractivity contribution is 0.122. The molecule has 2 heterocycles. The van der Waals surface area contributed by atoms with Gasteiger partial charge in [0.15, 0.2) is 0 Å². The molecule has 1 saturated heterocycles. The minimum atomic E-state index is 0.557. The van der Waals surface area contributed by atoms with Crippen LogP contribution < -0.4 is 15.1 Å². The third-order valence-electron chi connectivity index (χ3n) is 3.11. The van der Waals surface area contributed by atoms with Crippen LogP contribution in [-0.4, -0.2) is 61.9 Å². The number of nitrogens with one attached hydrogen (secondary N) is 1. The molecular formula is C13H24N6O. The van der Waals surface area contributed by atoms with Crippen LogP contribution in [0.2, 0.25) is 0 Å². The Bertz CT molecular complexity index is 433. The van der Waals surface area contributed by atoms with Gasteiger partial charge >= 0.3 is 0 Å². The molecule has 1 fully saturated rings. The first kappa shape index (κ1) is 14.8. The number of aromatic nitrogens is 3. The zero-order chi connectivity index (χ0) is 14.5. The molecule has 112 valence electrons. The van der Waals surface area contributed by atoms with E-state index < -0.39 is 0 Å². The normalized spacial score (nSPS) is 15.6. The lowest BCUT2D eigenvalue weighted by atomic mass is 10.2. The Morgan fingerprint density at radius 3 is 2.55 bits per heavy atom. The maximum absolute atomic E-state index is 5.37. The molecule has 0 aliphatic carbocycles. The first-order valence-corrected chi connectivity index (χ1v) is 7.08. The first-order valence-electron chi connectivity index (χ1n) is 7.08. The van der Waals surface area contributed by atoms with E-state index in [0.717, 1.165) is 38.8 Å². The van der Waals surface area contributed by atoms with Crippen molar-refractivity contribution in [3.05, 3.63) is 0 Å². The van der Waals surface area contributed by atoms with Crippen LogP contribution in [0.5, 0.6) is 0 Å². The number of anilines is 3. The molecule has 0 radical (unpaired) electrons. The number of rotatable bonds is 5. The Morgan fingerprint density at radius 2 is 1.95 bits per heavy atom. The summed E-state index contributed by atoms with van der Waals surface area (Å²) < 4.78 is 5.37. The van der Waals surface area contributed by atoms with Gasteiger partial charge in [-0.05, 0) is 5.92 Å². The Morgan fingerprint density at radius 1 is 1.25 bits per heavy atom. The fourth-order valence-corrected chi connectivity index (χ4v) is 2.17. The van der Waals surface area contributed by atoms with E-state index in [2.05, 4.69) is 43.9 Å².